The van der Waals surface area contributed by atoms with Gasteiger partial charge >= 0.3 is 0 Å². The Labute approximate surface area is 149 Å². The number of aryl methyl sites for hydroxylation is 1. The maximum absolute atomic E-state index is 12.9. The number of rotatable bonds is 6. The normalized spacial score (nSPS) is 12.6. The SMILES string of the molecule is CCNS(=O)(=O)c1ccc(C)c(C(=O)N(C)C(C)c2ccccc2)c1. The van der Waals surface area contributed by atoms with Crippen LogP contribution in [0.15, 0.2) is 53.4 Å². The second-order valence-electron chi connectivity index (χ2n) is 5.98. The van der Waals surface area contributed by atoms with Crippen molar-refractivity contribution in [2.24, 2.45) is 0 Å². The highest BCUT2D eigenvalue weighted by Gasteiger charge is 2.22. The molecule has 0 spiro atoms. The Morgan fingerprint density at radius 1 is 1.16 bits per heavy atom. The molecule has 2 aromatic rings. The highest BCUT2D eigenvalue weighted by Crippen LogP contribution is 2.23. The molecule has 0 radical (unpaired) electrons. The van der Waals surface area contributed by atoms with Crippen molar-refractivity contribution in [2.75, 3.05) is 13.6 Å². The maximum Gasteiger partial charge on any atom is 0.254 e. The van der Waals surface area contributed by atoms with Crippen molar-refractivity contribution < 1.29 is 13.2 Å². The lowest BCUT2D eigenvalue weighted by atomic mass is 10.0. The fourth-order valence-corrected chi connectivity index (χ4v) is 3.66. The van der Waals surface area contributed by atoms with Crippen LogP contribution in [-0.2, 0) is 10.0 Å². The van der Waals surface area contributed by atoms with Crippen molar-refractivity contribution in [2.45, 2.75) is 31.7 Å². The molecule has 1 amide bonds. The first-order chi connectivity index (χ1) is 11.8. The number of carbonyl (C=O) groups is 1. The van der Waals surface area contributed by atoms with E-state index in [2.05, 4.69) is 4.72 Å². The third kappa shape index (κ3) is 4.27. The first-order valence-electron chi connectivity index (χ1n) is 8.20. The minimum atomic E-state index is -3.60. The van der Waals surface area contributed by atoms with Crippen molar-refractivity contribution in [1.29, 1.82) is 0 Å². The Kier molecular flexibility index (Phi) is 5.98. The minimum Gasteiger partial charge on any atom is -0.335 e. The van der Waals surface area contributed by atoms with Crippen LogP contribution in [0.4, 0.5) is 0 Å². The molecule has 25 heavy (non-hydrogen) atoms. The standard InChI is InChI=1S/C19H24N2O3S/c1-5-20-25(23,24)17-12-11-14(2)18(13-17)19(22)21(4)15(3)16-9-7-6-8-10-16/h6-13,15,20H,5H2,1-4H3. The van der Waals surface area contributed by atoms with E-state index in [-0.39, 0.29) is 16.8 Å². The monoisotopic (exact) mass is 360 g/mol. The zero-order valence-corrected chi connectivity index (χ0v) is 15.8. The Hall–Kier alpha value is -2.18. The van der Waals surface area contributed by atoms with Gasteiger partial charge in [-0.1, -0.05) is 43.3 Å². The van der Waals surface area contributed by atoms with Crippen molar-refractivity contribution in [3.8, 4) is 0 Å². The van der Waals surface area contributed by atoms with Crippen molar-refractivity contribution in [3.63, 3.8) is 0 Å². The van der Waals surface area contributed by atoms with Crippen molar-refractivity contribution >= 4 is 15.9 Å². The van der Waals surface area contributed by atoms with Crippen LogP contribution in [0.5, 0.6) is 0 Å². The van der Waals surface area contributed by atoms with Gasteiger partial charge < -0.3 is 4.90 Å². The average molecular weight is 360 g/mol. The van der Waals surface area contributed by atoms with E-state index >= 15 is 0 Å². The van der Waals surface area contributed by atoms with Gasteiger partial charge in [-0.15, -0.1) is 0 Å². The molecule has 0 saturated carbocycles. The van der Waals surface area contributed by atoms with Gasteiger partial charge in [-0.3, -0.25) is 4.79 Å². The number of hydrogen-bond acceptors (Lipinski definition) is 3. The van der Waals surface area contributed by atoms with Crippen molar-refractivity contribution in [1.82, 2.24) is 9.62 Å². The summed E-state index contributed by atoms with van der Waals surface area (Å²) < 4.78 is 26.9. The summed E-state index contributed by atoms with van der Waals surface area (Å²) in [4.78, 5) is 14.7. The summed E-state index contributed by atoms with van der Waals surface area (Å²) in [5.41, 5.74) is 2.16. The second kappa shape index (κ2) is 7.80. The topological polar surface area (TPSA) is 66.5 Å². The third-order valence-corrected chi connectivity index (χ3v) is 5.81. The quantitative estimate of drug-likeness (QED) is 0.861. The molecule has 1 N–H and O–H groups in total. The highest BCUT2D eigenvalue weighted by atomic mass is 32.2. The number of nitrogens with zero attached hydrogens (tertiary/aromatic N) is 1. The summed E-state index contributed by atoms with van der Waals surface area (Å²) >= 11 is 0. The molecule has 5 nitrogen and oxygen atoms in total. The van der Waals surface area contributed by atoms with E-state index in [0.29, 0.717) is 12.1 Å². The molecular weight excluding hydrogens is 336 g/mol. The molecule has 0 aliphatic rings. The smallest absolute Gasteiger partial charge is 0.254 e. The Morgan fingerprint density at radius 2 is 1.80 bits per heavy atom. The molecule has 0 bridgehead atoms. The second-order valence-corrected chi connectivity index (χ2v) is 7.75. The van der Waals surface area contributed by atoms with E-state index in [1.165, 1.54) is 12.1 Å². The maximum atomic E-state index is 12.9. The number of amides is 1. The van der Waals surface area contributed by atoms with Gasteiger partial charge in [0.25, 0.3) is 5.91 Å². The summed E-state index contributed by atoms with van der Waals surface area (Å²) in [6.45, 7) is 5.76. The largest absolute Gasteiger partial charge is 0.335 e. The molecule has 1 atom stereocenters. The first-order valence-corrected chi connectivity index (χ1v) is 9.68. The van der Waals surface area contributed by atoms with Crippen LogP contribution in [0.25, 0.3) is 0 Å². The molecule has 0 heterocycles. The van der Waals surface area contributed by atoms with Crippen LogP contribution in [0, 0.1) is 6.92 Å². The molecular formula is C19H24N2O3S. The fourth-order valence-electron chi connectivity index (χ4n) is 2.59. The van der Waals surface area contributed by atoms with E-state index < -0.39 is 10.0 Å². The van der Waals surface area contributed by atoms with Crippen LogP contribution < -0.4 is 4.72 Å². The molecule has 2 aromatic carbocycles. The zero-order valence-electron chi connectivity index (χ0n) is 15.0. The van der Waals surface area contributed by atoms with E-state index in [0.717, 1.165) is 11.1 Å². The van der Waals surface area contributed by atoms with E-state index in [1.807, 2.05) is 37.3 Å². The van der Waals surface area contributed by atoms with Crippen LogP contribution in [-0.4, -0.2) is 32.8 Å². The minimum absolute atomic E-state index is 0.101. The molecule has 134 valence electrons. The lowest BCUT2D eigenvalue weighted by Gasteiger charge is -2.26. The zero-order chi connectivity index (χ0) is 18.6. The molecule has 0 fully saturated rings. The number of carbonyl (C=O) groups excluding carboxylic acids is 1. The lowest BCUT2D eigenvalue weighted by molar-refractivity contribution is 0.0741. The summed E-state index contributed by atoms with van der Waals surface area (Å²) in [5, 5.41) is 0. The van der Waals surface area contributed by atoms with Gasteiger partial charge in [0.05, 0.1) is 10.9 Å². The fraction of sp³-hybridized carbons (Fsp3) is 0.316. The third-order valence-electron chi connectivity index (χ3n) is 4.27. The van der Waals surface area contributed by atoms with Gasteiger partial charge in [-0.05, 0) is 37.1 Å². The molecule has 1 unspecified atom stereocenters. The van der Waals surface area contributed by atoms with Gasteiger partial charge in [0.1, 0.15) is 0 Å². The van der Waals surface area contributed by atoms with E-state index in [1.54, 1.807) is 31.9 Å². The van der Waals surface area contributed by atoms with Gasteiger partial charge in [-0.2, -0.15) is 0 Å². The van der Waals surface area contributed by atoms with Crippen LogP contribution >= 0.6 is 0 Å². The van der Waals surface area contributed by atoms with E-state index in [9.17, 15) is 13.2 Å². The number of sulfonamides is 1. The molecule has 0 aliphatic heterocycles. The predicted molar refractivity (Wildman–Crippen MR) is 99.0 cm³/mol. The van der Waals surface area contributed by atoms with E-state index in [4.69, 9.17) is 0 Å². The summed E-state index contributed by atoms with van der Waals surface area (Å²) in [6, 6.07) is 14.2. The number of hydrogen-bond donors (Lipinski definition) is 1. The summed E-state index contributed by atoms with van der Waals surface area (Å²) in [5.74, 6) is -0.206. The lowest BCUT2D eigenvalue weighted by Crippen LogP contribution is -2.30. The first kappa shape index (κ1) is 19.1. The molecule has 6 heteroatoms. The number of benzene rings is 2. The molecule has 0 saturated heterocycles. The van der Waals surface area contributed by atoms with Crippen LogP contribution in [0.3, 0.4) is 0 Å². The summed E-state index contributed by atoms with van der Waals surface area (Å²) in [6.07, 6.45) is 0. The van der Waals surface area contributed by atoms with Gasteiger partial charge in [0, 0.05) is 19.2 Å². The van der Waals surface area contributed by atoms with Gasteiger partial charge in [-0.25, -0.2) is 13.1 Å². The molecule has 0 aromatic heterocycles. The Bertz CT molecular complexity index is 848. The molecule has 0 aliphatic carbocycles. The summed E-state index contributed by atoms with van der Waals surface area (Å²) in [7, 11) is -1.87. The van der Waals surface area contributed by atoms with Gasteiger partial charge in [0.15, 0.2) is 0 Å². The number of nitrogens with one attached hydrogen (secondary N) is 1. The van der Waals surface area contributed by atoms with Crippen LogP contribution in [0.1, 0.15) is 41.4 Å². The molecule has 2 rings (SSSR count). The Morgan fingerprint density at radius 3 is 2.40 bits per heavy atom. The Balaban J connectivity index is 2.35. The predicted octanol–water partition coefficient (Wildman–Crippen LogP) is 3.13. The highest BCUT2D eigenvalue weighted by molar-refractivity contribution is 7.89. The average Bonchev–Trinajstić information content (AvgIpc) is 2.60. The van der Waals surface area contributed by atoms with Crippen molar-refractivity contribution in [3.05, 3.63) is 65.2 Å². The van der Waals surface area contributed by atoms with Crippen LogP contribution in [0.2, 0.25) is 0 Å². The van der Waals surface area contributed by atoms with Gasteiger partial charge in [0.2, 0.25) is 10.0 Å².